The molecule has 1 aromatic rings. The van der Waals surface area contributed by atoms with E-state index in [0.29, 0.717) is 6.54 Å². The number of nitrogens with one attached hydrogen (secondary N) is 2. The number of halogens is 2. The van der Waals surface area contributed by atoms with Gasteiger partial charge in [-0.3, -0.25) is 4.79 Å². The van der Waals surface area contributed by atoms with Gasteiger partial charge in [-0.25, -0.2) is 8.42 Å². The average molecular weight is 306 g/mol. The number of benzene rings is 1. The number of amides is 1. The van der Waals surface area contributed by atoms with E-state index in [0.717, 1.165) is 25.1 Å². The number of carbonyl (C=O) groups is 1. The van der Waals surface area contributed by atoms with Crippen molar-refractivity contribution in [2.24, 2.45) is 0 Å². The average Bonchev–Trinajstić information content (AvgIpc) is 2.43. The first-order chi connectivity index (χ1) is 9.39. The Hall–Kier alpha value is -1.54. The predicted molar refractivity (Wildman–Crippen MR) is 70.5 cm³/mol. The van der Waals surface area contributed by atoms with Crippen molar-refractivity contribution < 1.29 is 22.0 Å². The van der Waals surface area contributed by atoms with Crippen LogP contribution in [-0.4, -0.2) is 40.2 Å². The van der Waals surface area contributed by atoms with E-state index in [9.17, 15) is 22.0 Å². The zero-order chi connectivity index (χ0) is 15.2. The minimum Gasteiger partial charge on any atom is -0.352 e. The summed E-state index contributed by atoms with van der Waals surface area (Å²) in [5.41, 5.74) is 0.225. The van der Waals surface area contributed by atoms with Gasteiger partial charge in [0.1, 0.15) is 0 Å². The summed E-state index contributed by atoms with van der Waals surface area (Å²) in [7, 11) is -2.82. The molecule has 1 amide bonds. The maximum Gasteiger partial charge on any atom is 0.341 e. The van der Waals surface area contributed by atoms with Crippen molar-refractivity contribution in [1.29, 1.82) is 0 Å². The lowest BCUT2D eigenvalue weighted by Crippen LogP contribution is -2.26. The lowest BCUT2D eigenvalue weighted by molar-refractivity contribution is 0.0953. The summed E-state index contributed by atoms with van der Waals surface area (Å²) in [5, 5.41) is 5.57. The maximum atomic E-state index is 12.3. The molecule has 1 aromatic carbocycles. The molecule has 5 nitrogen and oxygen atoms in total. The van der Waals surface area contributed by atoms with Crippen LogP contribution in [0.2, 0.25) is 0 Å². The Morgan fingerprint density at radius 1 is 1.20 bits per heavy atom. The zero-order valence-corrected chi connectivity index (χ0v) is 11.7. The van der Waals surface area contributed by atoms with E-state index in [4.69, 9.17) is 0 Å². The molecule has 0 aliphatic heterocycles. The molecule has 0 saturated heterocycles. The van der Waals surface area contributed by atoms with Crippen LogP contribution in [-0.2, 0) is 9.84 Å². The predicted octanol–water partition coefficient (Wildman–Crippen LogP) is 1.02. The van der Waals surface area contributed by atoms with Crippen LogP contribution in [0.15, 0.2) is 29.2 Å². The highest BCUT2D eigenvalue weighted by Crippen LogP contribution is 2.18. The molecule has 0 aliphatic rings. The minimum atomic E-state index is -4.62. The standard InChI is InChI=1S/C12H16F2N2O3S/c1-15-7-2-8-16-11(17)9-3-5-10(6-4-9)20(18,19)12(13)14/h3-6,12,15H,2,7-8H2,1H3,(H,16,17). The first kappa shape index (κ1) is 16.5. The summed E-state index contributed by atoms with van der Waals surface area (Å²) in [5.74, 6) is -3.84. The SMILES string of the molecule is CNCCCNC(=O)c1ccc(S(=O)(=O)C(F)F)cc1. The van der Waals surface area contributed by atoms with Crippen LogP contribution in [0.5, 0.6) is 0 Å². The largest absolute Gasteiger partial charge is 0.352 e. The number of hydrogen-bond donors (Lipinski definition) is 2. The van der Waals surface area contributed by atoms with Gasteiger partial charge in [-0.05, 0) is 44.3 Å². The second-order valence-electron chi connectivity index (χ2n) is 4.04. The third-order valence-corrected chi connectivity index (χ3v) is 3.97. The molecule has 0 aliphatic carbocycles. The lowest BCUT2D eigenvalue weighted by atomic mass is 10.2. The number of rotatable bonds is 7. The van der Waals surface area contributed by atoms with Crippen LogP contribution in [0, 0.1) is 0 Å². The van der Waals surface area contributed by atoms with Gasteiger partial charge in [-0.15, -0.1) is 0 Å². The van der Waals surface area contributed by atoms with E-state index in [1.807, 2.05) is 0 Å². The van der Waals surface area contributed by atoms with Crippen molar-refractivity contribution in [3.8, 4) is 0 Å². The van der Waals surface area contributed by atoms with Crippen molar-refractivity contribution in [3.05, 3.63) is 29.8 Å². The highest BCUT2D eigenvalue weighted by atomic mass is 32.2. The van der Waals surface area contributed by atoms with Gasteiger partial charge in [-0.1, -0.05) is 0 Å². The summed E-state index contributed by atoms with van der Waals surface area (Å²) >= 11 is 0. The van der Waals surface area contributed by atoms with Crippen LogP contribution in [0.4, 0.5) is 8.78 Å². The van der Waals surface area contributed by atoms with Crippen molar-refractivity contribution in [2.45, 2.75) is 17.1 Å². The van der Waals surface area contributed by atoms with Crippen LogP contribution >= 0.6 is 0 Å². The monoisotopic (exact) mass is 306 g/mol. The molecular formula is C12H16F2N2O3S. The summed E-state index contributed by atoms with van der Waals surface area (Å²) in [6, 6.07) is 4.43. The van der Waals surface area contributed by atoms with Gasteiger partial charge in [0.25, 0.3) is 5.91 Å². The van der Waals surface area contributed by atoms with Crippen molar-refractivity contribution in [3.63, 3.8) is 0 Å². The molecule has 0 spiro atoms. The van der Waals surface area contributed by atoms with Crippen molar-refractivity contribution in [2.75, 3.05) is 20.1 Å². The Labute approximate surface area is 116 Å². The third-order valence-electron chi connectivity index (χ3n) is 2.57. The van der Waals surface area contributed by atoms with E-state index < -0.39 is 20.5 Å². The van der Waals surface area contributed by atoms with E-state index in [1.54, 1.807) is 7.05 Å². The molecule has 0 saturated carbocycles. The fraction of sp³-hybridized carbons (Fsp3) is 0.417. The van der Waals surface area contributed by atoms with E-state index in [-0.39, 0.29) is 11.5 Å². The summed E-state index contributed by atoms with van der Waals surface area (Å²) in [6.45, 7) is 1.22. The minimum absolute atomic E-state index is 0.225. The van der Waals surface area contributed by atoms with Gasteiger partial charge in [0.05, 0.1) is 4.90 Å². The zero-order valence-electron chi connectivity index (χ0n) is 10.9. The fourth-order valence-electron chi connectivity index (χ4n) is 1.47. The van der Waals surface area contributed by atoms with E-state index in [1.165, 1.54) is 12.1 Å². The smallest absolute Gasteiger partial charge is 0.341 e. The molecule has 0 atom stereocenters. The molecule has 8 heteroatoms. The number of hydrogen-bond acceptors (Lipinski definition) is 4. The molecule has 2 N–H and O–H groups in total. The quantitative estimate of drug-likeness (QED) is 0.738. The number of alkyl halides is 2. The number of carbonyl (C=O) groups excluding carboxylic acids is 1. The highest BCUT2D eigenvalue weighted by molar-refractivity contribution is 7.91. The fourth-order valence-corrected chi connectivity index (χ4v) is 2.19. The van der Waals surface area contributed by atoms with Crippen molar-refractivity contribution in [1.82, 2.24) is 10.6 Å². The second kappa shape index (κ2) is 7.30. The number of sulfone groups is 1. The van der Waals surface area contributed by atoms with Crippen LogP contribution in [0.3, 0.4) is 0 Å². The molecule has 0 unspecified atom stereocenters. The normalized spacial score (nSPS) is 11.6. The third kappa shape index (κ3) is 4.24. The second-order valence-corrected chi connectivity index (χ2v) is 5.96. The lowest BCUT2D eigenvalue weighted by Gasteiger charge is -2.06. The maximum absolute atomic E-state index is 12.3. The topological polar surface area (TPSA) is 75.3 Å². The molecular weight excluding hydrogens is 290 g/mol. The van der Waals surface area contributed by atoms with Crippen LogP contribution < -0.4 is 10.6 Å². The van der Waals surface area contributed by atoms with Gasteiger partial charge in [0.2, 0.25) is 9.84 Å². The Bertz CT molecular complexity index is 544. The molecule has 20 heavy (non-hydrogen) atoms. The van der Waals surface area contributed by atoms with Crippen molar-refractivity contribution >= 4 is 15.7 Å². The first-order valence-electron chi connectivity index (χ1n) is 5.94. The molecule has 0 radical (unpaired) electrons. The molecule has 112 valence electrons. The van der Waals surface area contributed by atoms with Gasteiger partial charge in [0, 0.05) is 12.1 Å². The Morgan fingerprint density at radius 3 is 2.30 bits per heavy atom. The van der Waals surface area contributed by atoms with Gasteiger partial charge < -0.3 is 10.6 Å². The van der Waals surface area contributed by atoms with Gasteiger partial charge >= 0.3 is 5.76 Å². The molecule has 0 fully saturated rings. The van der Waals surface area contributed by atoms with Gasteiger partial charge in [0.15, 0.2) is 0 Å². The summed E-state index contributed by atoms with van der Waals surface area (Å²) in [4.78, 5) is 11.2. The molecule has 0 bridgehead atoms. The molecule has 0 heterocycles. The Kier molecular flexibility index (Phi) is 6.03. The summed E-state index contributed by atoms with van der Waals surface area (Å²) < 4.78 is 47.0. The molecule has 0 aromatic heterocycles. The highest BCUT2D eigenvalue weighted by Gasteiger charge is 2.26. The van der Waals surface area contributed by atoms with Gasteiger partial charge in [-0.2, -0.15) is 8.78 Å². The Balaban J connectivity index is 2.69. The first-order valence-corrected chi connectivity index (χ1v) is 7.49. The van der Waals surface area contributed by atoms with Crippen LogP contribution in [0.1, 0.15) is 16.8 Å². The van der Waals surface area contributed by atoms with E-state index in [2.05, 4.69) is 10.6 Å². The molecule has 1 rings (SSSR count). The Morgan fingerprint density at radius 2 is 1.80 bits per heavy atom. The van der Waals surface area contributed by atoms with Crippen LogP contribution in [0.25, 0.3) is 0 Å². The summed E-state index contributed by atoms with van der Waals surface area (Å²) in [6.07, 6.45) is 0.750. The van der Waals surface area contributed by atoms with E-state index >= 15 is 0 Å².